The van der Waals surface area contributed by atoms with Crippen molar-refractivity contribution in [2.75, 3.05) is 13.2 Å². The summed E-state index contributed by atoms with van der Waals surface area (Å²) in [6.45, 7) is 7.70. The summed E-state index contributed by atoms with van der Waals surface area (Å²) >= 11 is 5.72. The summed E-state index contributed by atoms with van der Waals surface area (Å²) in [5.74, 6) is -0.564. The van der Waals surface area contributed by atoms with Crippen LogP contribution in [0.5, 0.6) is 5.75 Å². The van der Waals surface area contributed by atoms with Crippen LogP contribution >= 0.6 is 12.2 Å². The SMILES string of the molecule is CCC(NC(=O)COc1cccc2cnccc12)C(=S)NC(Cc1ccccc1)C(O)C(=O)N1CCCC1C(=O)NC(C)(C)C. The molecule has 11 heteroatoms. The van der Waals surface area contributed by atoms with Crippen LogP contribution in [0.1, 0.15) is 52.5 Å². The van der Waals surface area contributed by atoms with Crippen molar-refractivity contribution in [2.45, 2.75) is 83.1 Å². The van der Waals surface area contributed by atoms with Gasteiger partial charge in [-0.25, -0.2) is 0 Å². The van der Waals surface area contributed by atoms with E-state index in [2.05, 4.69) is 20.9 Å². The second-order valence-corrected chi connectivity index (χ2v) is 12.8. The van der Waals surface area contributed by atoms with Gasteiger partial charge in [0, 0.05) is 35.2 Å². The lowest BCUT2D eigenvalue weighted by atomic mass is 9.99. The molecular weight excluding hydrogens is 590 g/mol. The number of amides is 3. The summed E-state index contributed by atoms with van der Waals surface area (Å²) in [7, 11) is 0. The highest BCUT2D eigenvalue weighted by Gasteiger charge is 2.40. The lowest BCUT2D eigenvalue weighted by Crippen LogP contribution is -2.58. The second-order valence-electron chi connectivity index (χ2n) is 12.3. The van der Waals surface area contributed by atoms with Gasteiger partial charge in [-0.3, -0.25) is 19.4 Å². The molecule has 45 heavy (non-hydrogen) atoms. The molecule has 1 fully saturated rings. The summed E-state index contributed by atoms with van der Waals surface area (Å²) < 4.78 is 5.83. The van der Waals surface area contributed by atoms with E-state index < -0.39 is 35.7 Å². The third-order valence-electron chi connectivity index (χ3n) is 7.66. The molecule has 0 radical (unpaired) electrons. The molecule has 4 atom stereocenters. The van der Waals surface area contributed by atoms with Gasteiger partial charge in [-0.15, -0.1) is 0 Å². The molecule has 0 bridgehead atoms. The van der Waals surface area contributed by atoms with Crippen molar-refractivity contribution in [3.8, 4) is 5.75 Å². The highest BCUT2D eigenvalue weighted by Crippen LogP contribution is 2.24. The van der Waals surface area contributed by atoms with Crippen molar-refractivity contribution in [3.63, 3.8) is 0 Å². The van der Waals surface area contributed by atoms with Crippen LogP contribution in [0.25, 0.3) is 10.8 Å². The third kappa shape index (κ3) is 9.21. The minimum Gasteiger partial charge on any atom is -0.483 e. The zero-order chi connectivity index (χ0) is 32.6. The summed E-state index contributed by atoms with van der Waals surface area (Å²) in [5.41, 5.74) is 0.442. The van der Waals surface area contributed by atoms with E-state index in [0.29, 0.717) is 43.0 Å². The molecule has 0 spiro atoms. The second kappa shape index (κ2) is 15.3. The van der Waals surface area contributed by atoms with E-state index in [-0.39, 0.29) is 18.4 Å². The Morgan fingerprint density at radius 3 is 2.56 bits per heavy atom. The average Bonchev–Trinajstić information content (AvgIpc) is 3.51. The quantitative estimate of drug-likeness (QED) is 0.224. The number of pyridine rings is 1. The monoisotopic (exact) mass is 633 g/mol. The van der Waals surface area contributed by atoms with Crippen LogP contribution in [0, 0.1) is 0 Å². The lowest BCUT2D eigenvalue weighted by Gasteiger charge is -2.33. The first-order chi connectivity index (χ1) is 21.5. The van der Waals surface area contributed by atoms with Crippen LogP contribution in [0.4, 0.5) is 0 Å². The first-order valence-electron chi connectivity index (χ1n) is 15.4. The Bertz CT molecular complexity index is 1490. The highest BCUT2D eigenvalue weighted by molar-refractivity contribution is 7.80. The van der Waals surface area contributed by atoms with E-state index in [1.807, 2.05) is 76.2 Å². The molecule has 240 valence electrons. The van der Waals surface area contributed by atoms with Gasteiger partial charge in [0.2, 0.25) is 5.91 Å². The molecule has 2 heterocycles. The van der Waals surface area contributed by atoms with Crippen molar-refractivity contribution in [3.05, 3.63) is 72.6 Å². The smallest absolute Gasteiger partial charge is 0.258 e. The van der Waals surface area contributed by atoms with Crippen molar-refractivity contribution in [1.29, 1.82) is 0 Å². The molecule has 1 saturated heterocycles. The fourth-order valence-electron chi connectivity index (χ4n) is 5.44. The minimum absolute atomic E-state index is 0.220. The van der Waals surface area contributed by atoms with Crippen molar-refractivity contribution in [2.24, 2.45) is 0 Å². The van der Waals surface area contributed by atoms with Gasteiger partial charge >= 0.3 is 0 Å². The van der Waals surface area contributed by atoms with Gasteiger partial charge in [0.15, 0.2) is 12.7 Å². The van der Waals surface area contributed by atoms with E-state index in [1.165, 1.54) is 4.90 Å². The molecule has 0 aliphatic carbocycles. The number of aliphatic hydroxyl groups excluding tert-OH is 1. The van der Waals surface area contributed by atoms with Crippen molar-refractivity contribution < 1.29 is 24.2 Å². The molecule has 10 nitrogen and oxygen atoms in total. The molecule has 3 amide bonds. The zero-order valence-corrected chi connectivity index (χ0v) is 27.1. The number of aliphatic hydroxyl groups is 1. The first-order valence-corrected chi connectivity index (χ1v) is 15.8. The zero-order valence-electron chi connectivity index (χ0n) is 26.3. The Labute approximate surface area is 269 Å². The lowest BCUT2D eigenvalue weighted by molar-refractivity contribution is -0.146. The molecule has 0 saturated carbocycles. The summed E-state index contributed by atoms with van der Waals surface area (Å²) in [4.78, 5) is 45.5. The Hall–Kier alpha value is -4.09. The van der Waals surface area contributed by atoms with Crippen molar-refractivity contribution in [1.82, 2.24) is 25.8 Å². The van der Waals surface area contributed by atoms with Crippen molar-refractivity contribution >= 4 is 45.7 Å². The van der Waals surface area contributed by atoms with Gasteiger partial charge in [-0.1, -0.05) is 61.6 Å². The number of carbonyl (C=O) groups is 3. The number of carbonyl (C=O) groups excluding carboxylic acids is 3. The van der Waals surface area contributed by atoms with Crippen LogP contribution in [0.15, 0.2) is 67.0 Å². The number of benzene rings is 2. The predicted molar refractivity (Wildman–Crippen MR) is 178 cm³/mol. The summed E-state index contributed by atoms with van der Waals surface area (Å²) in [6, 6.07) is 14.8. The van der Waals surface area contributed by atoms with Crippen LogP contribution < -0.4 is 20.7 Å². The molecule has 3 aromatic rings. The van der Waals surface area contributed by atoms with E-state index >= 15 is 0 Å². The maximum Gasteiger partial charge on any atom is 0.258 e. The van der Waals surface area contributed by atoms with Crippen LogP contribution in [0.3, 0.4) is 0 Å². The Morgan fingerprint density at radius 2 is 1.84 bits per heavy atom. The molecule has 2 aromatic carbocycles. The van der Waals surface area contributed by atoms with E-state index in [4.69, 9.17) is 17.0 Å². The summed E-state index contributed by atoms with van der Waals surface area (Å²) in [5, 5.41) is 22.2. The van der Waals surface area contributed by atoms with E-state index in [0.717, 1.165) is 16.3 Å². The number of fused-ring (bicyclic) bond motifs is 1. The predicted octanol–water partition coefficient (Wildman–Crippen LogP) is 3.30. The number of thiocarbonyl (C=S) groups is 1. The third-order valence-corrected chi connectivity index (χ3v) is 8.06. The molecule has 4 N–H and O–H groups in total. The number of nitrogens with one attached hydrogen (secondary N) is 3. The summed E-state index contributed by atoms with van der Waals surface area (Å²) in [6.07, 6.45) is 3.88. The number of rotatable bonds is 12. The van der Waals surface area contributed by atoms with Crippen LogP contribution in [-0.2, 0) is 20.8 Å². The maximum atomic E-state index is 13.7. The average molecular weight is 634 g/mol. The number of hydrogen-bond acceptors (Lipinski definition) is 7. The van der Waals surface area contributed by atoms with Gasteiger partial charge in [-0.2, -0.15) is 0 Å². The fraction of sp³-hybridized carbons (Fsp3) is 0.441. The van der Waals surface area contributed by atoms with Gasteiger partial charge in [-0.05, 0) is 64.2 Å². The number of ether oxygens (including phenoxy) is 1. The van der Waals surface area contributed by atoms with Gasteiger partial charge in [0.1, 0.15) is 11.8 Å². The van der Waals surface area contributed by atoms with Gasteiger partial charge in [0.25, 0.3) is 11.8 Å². The Morgan fingerprint density at radius 1 is 1.09 bits per heavy atom. The number of aromatic nitrogens is 1. The van der Waals surface area contributed by atoms with E-state index in [1.54, 1.807) is 18.5 Å². The molecule has 1 aliphatic heterocycles. The Balaban J connectivity index is 1.44. The van der Waals surface area contributed by atoms with Gasteiger partial charge in [0.05, 0.1) is 17.1 Å². The van der Waals surface area contributed by atoms with E-state index in [9.17, 15) is 19.5 Å². The van der Waals surface area contributed by atoms with Crippen LogP contribution in [-0.4, -0.2) is 80.6 Å². The largest absolute Gasteiger partial charge is 0.483 e. The fourth-order valence-corrected chi connectivity index (χ4v) is 5.82. The van der Waals surface area contributed by atoms with Gasteiger partial charge < -0.3 is 30.7 Å². The highest BCUT2D eigenvalue weighted by atomic mass is 32.1. The molecule has 4 rings (SSSR count). The Kier molecular flexibility index (Phi) is 11.5. The standard InChI is InChI=1S/C34H43N5O5S/c1-5-25(36-29(40)21-44-28-15-9-13-23-20-35-17-16-24(23)28)32(45)37-26(19-22-11-7-6-8-12-22)30(41)33(43)39-18-10-14-27(39)31(42)38-34(2,3)4/h6-9,11-13,15-17,20,25-27,30,41H,5,10,14,18-19,21H2,1-4H3,(H,36,40)(H,37,45)(H,38,42). The minimum atomic E-state index is -1.48. The number of hydrogen-bond donors (Lipinski definition) is 4. The molecule has 1 aromatic heterocycles. The topological polar surface area (TPSA) is 133 Å². The number of likely N-dealkylation sites (tertiary alicyclic amines) is 1. The number of nitrogens with zero attached hydrogens (tertiary/aromatic N) is 2. The van der Waals surface area contributed by atoms with Crippen LogP contribution in [0.2, 0.25) is 0 Å². The maximum absolute atomic E-state index is 13.7. The molecule has 1 aliphatic rings. The molecular formula is C34H43N5O5S. The first kappa shape index (κ1) is 33.8. The molecule has 4 unspecified atom stereocenters. The normalized spacial score (nSPS) is 16.8.